The van der Waals surface area contributed by atoms with Crippen molar-refractivity contribution in [3.63, 3.8) is 0 Å². The zero-order chi connectivity index (χ0) is 28.0. The molecule has 10 nitrogen and oxygen atoms in total. The average Bonchev–Trinajstić information content (AvgIpc) is 3.26. The fourth-order valence-electron chi connectivity index (χ4n) is 5.73. The van der Waals surface area contributed by atoms with Gasteiger partial charge in [-0.05, 0) is 49.2 Å². The highest BCUT2D eigenvalue weighted by Gasteiger charge is 2.63. The maximum Gasteiger partial charge on any atom is 0.244 e. The summed E-state index contributed by atoms with van der Waals surface area (Å²) in [4.78, 5) is -0.392. The Morgan fingerprint density at radius 1 is 0.632 bits per heavy atom. The zero-order valence-corrected chi connectivity index (χ0v) is 24.9. The summed E-state index contributed by atoms with van der Waals surface area (Å²) >= 11 is 12.2. The Morgan fingerprint density at radius 3 is 1.21 bits per heavy atom. The quantitative estimate of drug-likeness (QED) is 0.490. The van der Waals surface area contributed by atoms with Crippen molar-refractivity contribution in [3.05, 3.63) is 57.6 Å². The first kappa shape index (κ1) is 28.3. The van der Waals surface area contributed by atoms with Crippen molar-refractivity contribution in [3.8, 4) is 0 Å². The van der Waals surface area contributed by atoms with Crippen LogP contribution in [0.2, 0.25) is 10.0 Å². The fourth-order valence-corrected chi connectivity index (χ4v) is 14.7. The molecular weight excluding hydrogens is 619 g/mol. The molecule has 16 heteroatoms. The first-order valence-electron chi connectivity index (χ1n) is 11.4. The number of sulfonamides is 2. The highest BCUT2D eigenvalue weighted by molar-refractivity contribution is 7.93. The van der Waals surface area contributed by atoms with E-state index in [1.54, 1.807) is 0 Å². The van der Waals surface area contributed by atoms with E-state index in [0.717, 1.165) is 8.61 Å². The highest BCUT2D eigenvalue weighted by Crippen LogP contribution is 2.44. The lowest BCUT2D eigenvalue weighted by Crippen LogP contribution is -2.70. The molecule has 0 bridgehead atoms. The van der Waals surface area contributed by atoms with Gasteiger partial charge in [0.1, 0.15) is 0 Å². The third-order valence-electron chi connectivity index (χ3n) is 7.31. The highest BCUT2D eigenvalue weighted by atomic mass is 35.5. The van der Waals surface area contributed by atoms with Gasteiger partial charge in [0.15, 0.2) is 19.7 Å². The summed E-state index contributed by atoms with van der Waals surface area (Å²) < 4.78 is 110. The Morgan fingerprint density at radius 2 is 0.921 bits per heavy atom. The molecule has 3 aliphatic heterocycles. The van der Waals surface area contributed by atoms with Crippen LogP contribution in [-0.4, -0.2) is 89.5 Å². The molecule has 0 unspecified atom stereocenters. The van der Waals surface area contributed by atoms with Crippen molar-refractivity contribution < 1.29 is 33.7 Å². The van der Waals surface area contributed by atoms with Crippen LogP contribution in [0.5, 0.6) is 0 Å². The monoisotopic (exact) mass is 642 g/mol. The predicted molar refractivity (Wildman–Crippen MR) is 143 cm³/mol. The van der Waals surface area contributed by atoms with E-state index in [2.05, 4.69) is 0 Å². The summed E-state index contributed by atoms with van der Waals surface area (Å²) in [5.74, 6) is -2.61. The van der Waals surface area contributed by atoms with Gasteiger partial charge in [0, 0.05) is 10.0 Å². The Labute approximate surface area is 232 Å². The van der Waals surface area contributed by atoms with Crippen molar-refractivity contribution in [2.75, 3.05) is 23.0 Å². The van der Waals surface area contributed by atoms with Crippen molar-refractivity contribution in [2.24, 2.45) is 0 Å². The van der Waals surface area contributed by atoms with Crippen LogP contribution in [0.1, 0.15) is 11.1 Å². The SMILES string of the molecule is Cc1ccc(Cl)cc1S(=O)(=O)N1[C@@H]2CS(=O)(=O)C[C@@H]2N(S(=O)(=O)c2cc(Cl)ccc2C)[C@H]2CS(=O)(=O)C[C@@H]21. The van der Waals surface area contributed by atoms with Gasteiger partial charge in [0.05, 0.1) is 57.0 Å². The molecule has 0 saturated carbocycles. The third-order valence-corrected chi connectivity index (χ3v) is 15.4. The fraction of sp³-hybridized carbons (Fsp3) is 0.455. The van der Waals surface area contributed by atoms with Crippen molar-refractivity contribution >= 4 is 62.9 Å². The molecule has 0 amide bonds. The van der Waals surface area contributed by atoms with Gasteiger partial charge < -0.3 is 0 Å². The maximum absolute atomic E-state index is 14.1. The van der Waals surface area contributed by atoms with Gasteiger partial charge in [-0.2, -0.15) is 8.61 Å². The molecule has 5 rings (SSSR count). The van der Waals surface area contributed by atoms with Gasteiger partial charge in [-0.3, -0.25) is 0 Å². The molecule has 38 heavy (non-hydrogen) atoms. The summed E-state index contributed by atoms with van der Waals surface area (Å²) in [6.45, 7) is 3.08. The van der Waals surface area contributed by atoms with Crippen LogP contribution in [0, 0.1) is 13.8 Å². The van der Waals surface area contributed by atoms with Crippen molar-refractivity contribution in [2.45, 2.75) is 47.8 Å². The number of hydrogen-bond donors (Lipinski definition) is 0. The second-order valence-corrected chi connectivity index (χ2v) is 18.7. The number of piperazine rings is 1. The van der Waals surface area contributed by atoms with Gasteiger partial charge in [-0.25, -0.2) is 33.7 Å². The smallest absolute Gasteiger partial charge is 0.229 e. The summed E-state index contributed by atoms with van der Waals surface area (Å²) in [6.07, 6.45) is 0. The maximum atomic E-state index is 14.1. The molecule has 3 aliphatic rings. The molecule has 3 saturated heterocycles. The first-order valence-corrected chi connectivity index (χ1v) is 18.7. The zero-order valence-electron chi connectivity index (χ0n) is 20.2. The lowest BCUT2D eigenvalue weighted by Gasteiger charge is -2.49. The Hall–Kier alpha value is -1.26. The van der Waals surface area contributed by atoms with Gasteiger partial charge in [-0.15, -0.1) is 0 Å². The van der Waals surface area contributed by atoms with Crippen molar-refractivity contribution in [1.82, 2.24) is 8.61 Å². The van der Waals surface area contributed by atoms with Crippen LogP contribution in [0.4, 0.5) is 0 Å². The number of fused-ring (bicyclic) bond motifs is 2. The molecule has 3 fully saturated rings. The van der Waals surface area contributed by atoms with Crippen LogP contribution < -0.4 is 0 Å². The largest absolute Gasteiger partial charge is 0.244 e. The summed E-state index contributed by atoms with van der Waals surface area (Å²) in [5.41, 5.74) is 0.655. The first-order chi connectivity index (χ1) is 17.4. The molecule has 0 spiro atoms. The number of halogens is 2. The summed E-state index contributed by atoms with van der Waals surface area (Å²) in [6, 6.07) is 3.06. The van der Waals surface area contributed by atoms with Gasteiger partial charge >= 0.3 is 0 Å². The topological polar surface area (TPSA) is 143 Å². The molecule has 0 aromatic heterocycles. The molecule has 4 atom stereocenters. The molecular formula is C22H24Cl2N2O8S4. The van der Waals surface area contributed by atoms with Crippen LogP contribution in [0.3, 0.4) is 0 Å². The molecule has 0 radical (unpaired) electrons. The molecule has 208 valence electrons. The van der Waals surface area contributed by atoms with E-state index in [4.69, 9.17) is 23.2 Å². The van der Waals surface area contributed by atoms with Crippen LogP contribution in [0.15, 0.2) is 46.2 Å². The number of rotatable bonds is 4. The third kappa shape index (κ3) is 4.60. The molecule has 3 heterocycles. The van der Waals surface area contributed by atoms with Crippen LogP contribution >= 0.6 is 23.2 Å². The van der Waals surface area contributed by atoms with Gasteiger partial charge in [0.25, 0.3) is 0 Å². The number of hydrogen-bond acceptors (Lipinski definition) is 8. The average molecular weight is 644 g/mol. The molecule has 0 N–H and O–H groups in total. The Balaban J connectivity index is 1.75. The normalized spacial score (nSPS) is 29.2. The van der Waals surface area contributed by atoms with Crippen LogP contribution in [-0.2, 0) is 39.7 Å². The lowest BCUT2D eigenvalue weighted by atomic mass is 10.0. The van der Waals surface area contributed by atoms with E-state index in [9.17, 15) is 33.7 Å². The minimum Gasteiger partial charge on any atom is -0.229 e. The van der Waals surface area contributed by atoms with E-state index < -0.39 is 86.9 Å². The number of nitrogens with zero attached hydrogens (tertiary/aromatic N) is 2. The number of benzene rings is 2. The number of sulfone groups is 2. The Kier molecular flexibility index (Phi) is 6.79. The van der Waals surface area contributed by atoms with E-state index in [1.807, 2.05) is 0 Å². The standard InChI is InChI=1S/C22H24Cl2N2O8S4/c1-13-3-5-15(23)7-21(13)37(31,32)25-17-9-35(27,28)11-19(17)26(20-12-36(29,30)10-18(20)25)38(33,34)22-8-16(24)6-4-14(22)2/h3-8,17-20H,9-12H2,1-2H3/t17-,18-,19-,20+/m0/s1. The molecule has 2 aromatic rings. The number of aryl methyl sites for hydroxylation is 2. The second kappa shape index (κ2) is 9.13. The minimum absolute atomic E-state index is 0.123. The van der Waals surface area contributed by atoms with E-state index in [0.29, 0.717) is 11.1 Å². The van der Waals surface area contributed by atoms with Gasteiger partial charge in [0.2, 0.25) is 20.0 Å². The van der Waals surface area contributed by atoms with Gasteiger partial charge in [-0.1, -0.05) is 35.3 Å². The Bertz CT molecular complexity index is 1610. The second-order valence-electron chi connectivity index (χ2n) is 9.91. The van der Waals surface area contributed by atoms with Crippen molar-refractivity contribution in [1.29, 1.82) is 0 Å². The predicted octanol–water partition coefficient (Wildman–Crippen LogP) is 1.64. The van der Waals surface area contributed by atoms with E-state index in [-0.39, 0.29) is 19.8 Å². The summed E-state index contributed by atoms with van der Waals surface area (Å²) in [7, 11) is -16.8. The molecule has 2 aromatic carbocycles. The van der Waals surface area contributed by atoms with E-state index in [1.165, 1.54) is 50.2 Å². The summed E-state index contributed by atoms with van der Waals surface area (Å²) in [5, 5.41) is 0.246. The lowest BCUT2D eigenvalue weighted by molar-refractivity contribution is 0.0841. The molecule has 0 aliphatic carbocycles. The van der Waals surface area contributed by atoms with Crippen LogP contribution in [0.25, 0.3) is 0 Å². The van der Waals surface area contributed by atoms with E-state index >= 15 is 0 Å². The minimum atomic E-state index is -4.49.